The van der Waals surface area contributed by atoms with Crippen LogP contribution in [0.1, 0.15) is 6.42 Å². The van der Waals surface area contributed by atoms with Crippen molar-refractivity contribution < 1.29 is 13.2 Å². The Hall–Kier alpha value is -2.33. The maximum absolute atomic E-state index is 13.3. The number of rotatable bonds is 5. The number of carbonyl (C=O) groups is 1. The van der Waals surface area contributed by atoms with Crippen LogP contribution in [0.15, 0.2) is 54.2 Å². The van der Waals surface area contributed by atoms with Gasteiger partial charge in [-0.15, -0.1) is 0 Å². The quantitative estimate of drug-likeness (QED) is 0.673. The first-order valence-electron chi connectivity index (χ1n) is 8.67. The molecule has 1 unspecified atom stereocenters. The minimum Gasteiger partial charge on any atom is -0.330 e. The number of Topliss-reactive ketones (excluding diaryl/α,β-unsaturated/α-hetero) is 1. The molecule has 3 heterocycles. The Kier molecular flexibility index (Phi) is 4.92. The third-order valence-electron chi connectivity index (χ3n) is 5.00. The van der Waals surface area contributed by atoms with E-state index < -0.39 is 22.1 Å². The Labute approximate surface area is 167 Å². The van der Waals surface area contributed by atoms with Crippen LogP contribution in [0.2, 0.25) is 5.02 Å². The van der Waals surface area contributed by atoms with Crippen molar-refractivity contribution in [1.82, 2.24) is 18.8 Å². The van der Waals surface area contributed by atoms with Crippen LogP contribution in [0.25, 0.3) is 10.8 Å². The Morgan fingerprint density at radius 2 is 2.11 bits per heavy atom. The summed E-state index contributed by atoms with van der Waals surface area (Å²) in [7, 11) is -3.94. The molecule has 0 amide bonds. The molecule has 1 aliphatic rings. The Bertz CT molecular complexity index is 1130. The molecular formula is C18H18ClN5O3S. The molecule has 0 aliphatic carbocycles. The highest BCUT2D eigenvalue weighted by atomic mass is 35.5. The van der Waals surface area contributed by atoms with Crippen LogP contribution in [0.3, 0.4) is 0 Å². The largest absolute Gasteiger partial charge is 0.330 e. The van der Waals surface area contributed by atoms with Gasteiger partial charge in [-0.25, -0.2) is 13.4 Å². The van der Waals surface area contributed by atoms with Gasteiger partial charge in [0.15, 0.2) is 5.78 Å². The number of hydrogen-bond acceptors (Lipinski definition) is 6. The molecular weight excluding hydrogens is 402 g/mol. The highest BCUT2D eigenvalue weighted by Gasteiger charge is 2.43. The number of hydrogen-bond donors (Lipinski definition) is 1. The number of benzene rings is 1. The van der Waals surface area contributed by atoms with Crippen molar-refractivity contribution in [2.24, 2.45) is 11.7 Å². The SMILES string of the molecule is N[C@@H]1C(C(=O)Cn2ccnc2)CCN1S(=O)(=O)c1cccc2cncc(Cl)c12. The molecule has 1 aliphatic heterocycles. The Morgan fingerprint density at radius 3 is 2.86 bits per heavy atom. The van der Waals surface area contributed by atoms with Gasteiger partial charge in [-0.1, -0.05) is 23.7 Å². The van der Waals surface area contributed by atoms with Crippen LogP contribution in [0, 0.1) is 5.92 Å². The molecule has 4 rings (SSSR count). The molecule has 1 fully saturated rings. The highest BCUT2D eigenvalue weighted by molar-refractivity contribution is 7.89. The second-order valence-corrected chi connectivity index (χ2v) is 8.94. The lowest BCUT2D eigenvalue weighted by atomic mass is 10.0. The summed E-state index contributed by atoms with van der Waals surface area (Å²) < 4.78 is 29.5. The van der Waals surface area contributed by atoms with Crippen LogP contribution >= 0.6 is 11.6 Å². The summed E-state index contributed by atoms with van der Waals surface area (Å²) in [5.74, 6) is -0.701. The van der Waals surface area contributed by atoms with Crippen molar-refractivity contribution in [3.05, 3.63) is 54.3 Å². The van der Waals surface area contributed by atoms with Crippen molar-refractivity contribution in [1.29, 1.82) is 0 Å². The lowest BCUT2D eigenvalue weighted by Gasteiger charge is -2.24. The zero-order valence-corrected chi connectivity index (χ0v) is 16.3. The lowest BCUT2D eigenvalue weighted by Crippen LogP contribution is -2.46. The van der Waals surface area contributed by atoms with Crippen molar-refractivity contribution in [2.45, 2.75) is 24.0 Å². The number of nitrogens with zero attached hydrogens (tertiary/aromatic N) is 4. The Balaban J connectivity index is 1.65. The van der Waals surface area contributed by atoms with Gasteiger partial charge in [0, 0.05) is 42.1 Å². The third-order valence-corrected chi connectivity index (χ3v) is 7.23. The van der Waals surface area contributed by atoms with Crippen molar-refractivity contribution >= 4 is 38.2 Å². The standard InChI is InChI=1S/C18H18ClN5O3S/c19-14-9-22-8-12-2-1-3-16(17(12)14)28(26,27)24-6-4-13(18(24)20)15(25)10-23-7-5-21-11-23/h1-3,5,7-9,11,13,18H,4,6,10,20H2/t13?,18-/m0/s1. The molecule has 28 heavy (non-hydrogen) atoms. The zero-order chi connectivity index (χ0) is 19.9. The zero-order valence-electron chi connectivity index (χ0n) is 14.8. The normalized spacial score (nSPS) is 20.6. The van der Waals surface area contributed by atoms with E-state index in [1.54, 1.807) is 41.6 Å². The molecule has 2 N–H and O–H groups in total. The summed E-state index contributed by atoms with van der Waals surface area (Å²) in [5, 5.41) is 1.27. The monoisotopic (exact) mass is 419 g/mol. The van der Waals surface area contributed by atoms with Crippen LogP contribution < -0.4 is 5.73 Å². The van der Waals surface area contributed by atoms with E-state index in [0.717, 1.165) is 0 Å². The number of aromatic nitrogens is 3. The fourth-order valence-corrected chi connectivity index (χ4v) is 5.72. The third kappa shape index (κ3) is 3.20. The minimum absolute atomic E-state index is 0.0653. The number of ketones is 1. The molecule has 0 saturated carbocycles. The van der Waals surface area contributed by atoms with Gasteiger partial charge in [0.05, 0.1) is 34.9 Å². The average molecular weight is 420 g/mol. The average Bonchev–Trinajstić information content (AvgIpc) is 3.31. The molecule has 10 heteroatoms. The van der Waals surface area contributed by atoms with Crippen LogP contribution in [0.4, 0.5) is 0 Å². The number of imidazole rings is 1. The summed E-state index contributed by atoms with van der Waals surface area (Å²) in [6, 6.07) is 4.88. The highest BCUT2D eigenvalue weighted by Crippen LogP contribution is 2.34. The molecule has 3 aromatic rings. The molecule has 0 spiro atoms. The molecule has 8 nitrogen and oxygen atoms in total. The van der Waals surface area contributed by atoms with E-state index >= 15 is 0 Å². The van der Waals surface area contributed by atoms with Gasteiger partial charge in [0.1, 0.15) is 0 Å². The van der Waals surface area contributed by atoms with E-state index in [1.165, 1.54) is 16.6 Å². The van der Waals surface area contributed by atoms with E-state index in [4.69, 9.17) is 17.3 Å². The van der Waals surface area contributed by atoms with Gasteiger partial charge < -0.3 is 10.3 Å². The topological polar surface area (TPSA) is 111 Å². The van der Waals surface area contributed by atoms with Crippen LogP contribution in [-0.2, 0) is 21.4 Å². The fourth-order valence-electron chi connectivity index (χ4n) is 3.60. The Morgan fingerprint density at radius 1 is 1.29 bits per heavy atom. The smallest absolute Gasteiger partial charge is 0.245 e. The van der Waals surface area contributed by atoms with E-state index in [2.05, 4.69) is 9.97 Å². The first-order valence-corrected chi connectivity index (χ1v) is 10.5. The predicted octanol–water partition coefficient (Wildman–Crippen LogP) is 1.65. The number of nitrogens with two attached hydrogens (primary N) is 1. The molecule has 2 atom stereocenters. The molecule has 1 aromatic carbocycles. The minimum atomic E-state index is -3.94. The fraction of sp³-hybridized carbons (Fsp3) is 0.278. The molecule has 2 aromatic heterocycles. The predicted molar refractivity (Wildman–Crippen MR) is 104 cm³/mol. The number of fused-ring (bicyclic) bond motifs is 1. The number of sulfonamides is 1. The van der Waals surface area contributed by atoms with E-state index in [9.17, 15) is 13.2 Å². The molecule has 1 saturated heterocycles. The first-order chi connectivity index (χ1) is 13.4. The second-order valence-electron chi connectivity index (χ2n) is 6.68. The summed E-state index contributed by atoms with van der Waals surface area (Å²) >= 11 is 6.23. The maximum Gasteiger partial charge on any atom is 0.245 e. The lowest BCUT2D eigenvalue weighted by molar-refractivity contribution is -0.123. The summed E-state index contributed by atoms with van der Waals surface area (Å²) in [6.07, 6.45) is 7.20. The van der Waals surface area contributed by atoms with Crippen LogP contribution in [0.5, 0.6) is 0 Å². The van der Waals surface area contributed by atoms with Crippen molar-refractivity contribution in [2.75, 3.05) is 6.54 Å². The van der Waals surface area contributed by atoms with Gasteiger partial charge in [-0.3, -0.25) is 9.78 Å². The summed E-state index contributed by atoms with van der Waals surface area (Å²) in [5.41, 5.74) is 6.21. The van der Waals surface area contributed by atoms with Crippen LogP contribution in [-0.4, -0.2) is 45.8 Å². The van der Waals surface area contributed by atoms with E-state index in [-0.39, 0.29) is 28.8 Å². The maximum atomic E-state index is 13.3. The van der Waals surface area contributed by atoms with E-state index in [1.807, 2.05) is 0 Å². The molecule has 0 bridgehead atoms. The molecule has 0 radical (unpaired) electrons. The number of halogens is 1. The summed E-state index contributed by atoms with van der Waals surface area (Å²) in [6.45, 7) is 0.279. The van der Waals surface area contributed by atoms with Gasteiger partial charge >= 0.3 is 0 Å². The van der Waals surface area contributed by atoms with Crippen molar-refractivity contribution in [3.8, 4) is 0 Å². The second kappa shape index (κ2) is 7.25. The molecule has 146 valence electrons. The number of pyridine rings is 1. The van der Waals surface area contributed by atoms with Crippen molar-refractivity contribution in [3.63, 3.8) is 0 Å². The summed E-state index contributed by atoms with van der Waals surface area (Å²) in [4.78, 5) is 20.6. The van der Waals surface area contributed by atoms with E-state index in [0.29, 0.717) is 17.2 Å². The van der Waals surface area contributed by atoms with Gasteiger partial charge in [-0.2, -0.15) is 4.31 Å². The first kappa shape index (κ1) is 19.0. The van der Waals surface area contributed by atoms with Gasteiger partial charge in [0.2, 0.25) is 10.0 Å². The van der Waals surface area contributed by atoms with Gasteiger partial charge in [-0.05, 0) is 12.5 Å². The van der Waals surface area contributed by atoms with Gasteiger partial charge in [0.25, 0.3) is 0 Å². The number of carbonyl (C=O) groups excluding carboxylic acids is 1.